The summed E-state index contributed by atoms with van der Waals surface area (Å²) in [6.45, 7) is 4.91. The monoisotopic (exact) mass is 284 g/mol. The van der Waals surface area contributed by atoms with Gasteiger partial charge in [0.05, 0.1) is 6.04 Å². The summed E-state index contributed by atoms with van der Waals surface area (Å²) >= 11 is 0. The van der Waals surface area contributed by atoms with Crippen LogP contribution in [0.25, 0.3) is 0 Å². The number of hydrogen-bond acceptors (Lipinski definition) is 2. The molecule has 3 nitrogen and oxygen atoms in total. The van der Waals surface area contributed by atoms with Gasteiger partial charge >= 0.3 is 0 Å². The van der Waals surface area contributed by atoms with Crippen LogP contribution < -0.4 is 5.32 Å². The van der Waals surface area contributed by atoms with E-state index in [0.29, 0.717) is 17.4 Å². The first-order valence-electron chi connectivity index (χ1n) is 8.29. The lowest BCUT2D eigenvalue weighted by Gasteiger charge is -2.47. The van der Waals surface area contributed by atoms with Crippen LogP contribution >= 0.6 is 0 Å². The van der Waals surface area contributed by atoms with Crippen molar-refractivity contribution in [3.05, 3.63) is 35.4 Å². The van der Waals surface area contributed by atoms with Gasteiger partial charge in [-0.3, -0.25) is 4.79 Å². The van der Waals surface area contributed by atoms with Crippen molar-refractivity contribution in [2.75, 3.05) is 19.6 Å². The molecule has 0 saturated carbocycles. The minimum Gasteiger partial charge on any atom is -0.336 e. The number of likely N-dealkylation sites (tertiary alicyclic amines) is 1. The Kier molecular flexibility index (Phi) is 3.07. The molecule has 0 bridgehead atoms. The van der Waals surface area contributed by atoms with Gasteiger partial charge in [0.15, 0.2) is 0 Å². The van der Waals surface area contributed by atoms with Gasteiger partial charge in [0.25, 0.3) is 0 Å². The van der Waals surface area contributed by atoms with Gasteiger partial charge in [-0.2, -0.15) is 0 Å². The summed E-state index contributed by atoms with van der Waals surface area (Å²) in [5, 5.41) is 3.51. The van der Waals surface area contributed by atoms with Crippen molar-refractivity contribution in [2.24, 2.45) is 5.92 Å². The molecular formula is C18H24N2O. The molecule has 2 fully saturated rings. The van der Waals surface area contributed by atoms with E-state index in [2.05, 4.69) is 34.5 Å². The highest BCUT2D eigenvalue weighted by Gasteiger charge is 2.49. The lowest BCUT2D eigenvalue weighted by atomic mass is 9.60. The summed E-state index contributed by atoms with van der Waals surface area (Å²) in [5.74, 6) is 0.889. The molecule has 2 aliphatic heterocycles. The quantitative estimate of drug-likeness (QED) is 0.794. The Morgan fingerprint density at radius 1 is 1.29 bits per heavy atom. The molecule has 1 spiro atoms. The number of piperidine rings is 1. The summed E-state index contributed by atoms with van der Waals surface area (Å²) in [6.07, 6.45) is 4.93. The highest BCUT2D eigenvalue weighted by molar-refractivity contribution is 5.74. The summed E-state index contributed by atoms with van der Waals surface area (Å²) in [4.78, 5) is 14.1. The minimum atomic E-state index is 0.235. The highest BCUT2D eigenvalue weighted by atomic mass is 16.2. The zero-order valence-electron chi connectivity index (χ0n) is 12.8. The third-order valence-corrected chi connectivity index (χ3v) is 5.99. The van der Waals surface area contributed by atoms with Gasteiger partial charge in [0.2, 0.25) is 5.91 Å². The lowest BCUT2D eigenvalue weighted by Crippen LogP contribution is -2.46. The first-order valence-corrected chi connectivity index (χ1v) is 8.29. The van der Waals surface area contributed by atoms with Crippen LogP contribution in [0, 0.1) is 5.92 Å². The maximum absolute atomic E-state index is 12.0. The summed E-state index contributed by atoms with van der Waals surface area (Å²) < 4.78 is 0. The predicted molar refractivity (Wildman–Crippen MR) is 83.1 cm³/mol. The van der Waals surface area contributed by atoms with Gasteiger partial charge in [0, 0.05) is 13.5 Å². The van der Waals surface area contributed by atoms with Crippen molar-refractivity contribution >= 4 is 5.91 Å². The lowest BCUT2D eigenvalue weighted by molar-refractivity contribution is -0.130. The number of amides is 1. The molecule has 2 atom stereocenters. The Morgan fingerprint density at radius 3 is 2.81 bits per heavy atom. The van der Waals surface area contributed by atoms with Gasteiger partial charge in [-0.05, 0) is 61.2 Å². The highest BCUT2D eigenvalue weighted by Crippen LogP contribution is 2.54. The molecule has 1 aliphatic carbocycles. The summed E-state index contributed by atoms with van der Waals surface area (Å²) in [7, 11) is 0. The van der Waals surface area contributed by atoms with Crippen molar-refractivity contribution in [3.63, 3.8) is 0 Å². The summed E-state index contributed by atoms with van der Waals surface area (Å²) in [5.41, 5.74) is 3.32. The van der Waals surface area contributed by atoms with Gasteiger partial charge < -0.3 is 10.2 Å². The molecule has 0 radical (unpaired) electrons. The second kappa shape index (κ2) is 4.84. The van der Waals surface area contributed by atoms with Gasteiger partial charge in [-0.15, -0.1) is 0 Å². The standard InChI is InChI=1S/C18H24N2O/c1-13(21)20-11-6-14-12-18(7-9-19-10-8-18)16-5-3-2-4-15(16)17(14)20/h2-5,14,17,19H,6-12H2,1H3/t14-,17?/m0/s1. The fraction of sp³-hybridized carbons (Fsp3) is 0.611. The molecule has 2 saturated heterocycles. The van der Waals surface area contributed by atoms with E-state index in [1.165, 1.54) is 36.8 Å². The van der Waals surface area contributed by atoms with Crippen LogP contribution in [0.4, 0.5) is 0 Å². The fourth-order valence-corrected chi connectivity index (χ4v) is 5.07. The van der Waals surface area contributed by atoms with E-state index in [1.54, 1.807) is 6.92 Å². The number of fused-ring (bicyclic) bond motifs is 4. The number of rotatable bonds is 0. The van der Waals surface area contributed by atoms with E-state index >= 15 is 0 Å². The molecule has 3 aliphatic rings. The van der Waals surface area contributed by atoms with Crippen LogP contribution in [0.5, 0.6) is 0 Å². The van der Waals surface area contributed by atoms with Crippen molar-refractivity contribution in [2.45, 2.75) is 44.1 Å². The zero-order valence-corrected chi connectivity index (χ0v) is 12.8. The molecule has 112 valence electrons. The van der Waals surface area contributed by atoms with Crippen molar-refractivity contribution in [1.82, 2.24) is 10.2 Å². The van der Waals surface area contributed by atoms with Gasteiger partial charge in [-0.1, -0.05) is 24.3 Å². The third kappa shape index (κ3) is 1.94. The molecule has 2 heterocycles. The van der Waals surface area contributed by atoms with Crippen molar-refractivity contribution in [1.29, 1.82) is 0 Å². The number of nitrogens with zero attached hydrogens (tertiary/aromatic N) is 1. The molecule has 1 aromatic carbocycles. The van der Waals surface area contributed by atoms with Gasteiger partial charge in [0.1, 0.15) is 0 Å². The minimum absolute atomic E-state index is 0.235. The largest absolute Gasteiger partial charge is 0.336 e. The first kappa shape index (κ1) is 13.3. The van der Waals surface area contributed by atoms with E-state index in [4.69, 9.17) is 0 Å². The topological polar surface area (TPSA) is 32.3 Å². The number of hydrogen-bond donors (Lipinski definition) is 1. The van der Waals surface area contributed by atoms with Crippen LogP contribution in [0.1, 0.15) is 49.8 Å². The average molecular weight is 284 g/mol. The predicted octanol–water partition coefficient (Wildman–Crippen LogP) is 2.62. The number of benzene rings is 1. The SMILES string of the molecule is CC(=O)N1CC[C@H]2CC3(CCNCC3)c3ccccc3C21. The van der Waals surface area contributed by atoms with Crippen LogP contribution in [0.15, 0.2) is 24.3 Å². The second-order valence-electron chi connectivity index (χ2n) is 7.03. The third-order valence-electron chi connectivity index (χ3n) is 5.99. The Morgan fingerprint density at radius 2 is 2.05 bits per heavy atom. The molecule has 3 heteroatoms. The molecule has 0 aromatic heterocycles. The fourth-order valence-electron chi connectivity index (χ4n) is 5.07. The summed E-state index contributed by atoms with van der Waals surface area (Å²) in [6, 6.07) is 9.26. The molecule has 1 N–H and O–H groups in total. The van der Waals surface area contributed by atoms with Crippen LogP contribution in [0.2, 0.25) is 0 Å². The number of carbonyl (C=O) groups excluding carboxylic acids is 1. The number of nitrogens with one attached hydrogen (secondary N) is 1. The van der Waals surface area contributed by atoms with E-state index in [9.17, 15) is 4.79 Å². The smallest absolute Gasteiger partial charge is 0.219 e. The van der Waals surface area contributed by atoms with E-state index in [-0.39, 0.29) is 5.91 Å². The Balaban J connectivity index is 1.82. The second-order valence-corrected chi connectivity index (χ2v) is 7.03. The normalized spacial score (nSPS) is 30.0. The molecule has 1 unspecified atom stereocenters. The number of carbonyl (C=O) groups is 1. The maximum atomic E-state index is 12.0. The van der Waals surface area contributed by atoms with E-state index in [0.717, 1.165) is 19.6 Å². The maximum Gasteiger partial charge on any atom is 0.219 e. The molecule has 1 aromatic rings. The van der Waals surface area contributed by atoms with Crippen LogP contribution in [-0.2, 0) is 10.2 Å². The van der Waals surface area contributed by atoms with Gasteiger partial charge in [-0.25, -0.2) is 0 Å². The molecule has 4 rings (SSSR count). The Bertz CT molecular complexity index is 562. The van der Waals surface area contributed by atoms with Crippen LogP contribution in [-0.4, -0.2) is 30.4 Å². The Hall–Kier alpha value is -1.35. The van der Waals surface area contributed by atoms with E-state index < -0.39 is 0 Å². The molecular weight excluding hydrogens is 260 g/mol. The first-order chi connectivity index (χ1) is 10.2. The average Bonchev–Trinajstić information content (AvgIpc) is 2.92. The van der Waals surface area contributed by atoms with Crippen molar-refractivity contribution in [3.8, 4) is 0 Å². The van der Waals surface area contributed by atoms with Crippen LogP contribution in [0.3, 0.4) is 0 Å². The van der Waals surface area contributed by atoms with E-state index in [1.807, 2.05) is 0 Å². The zero-order chi connectivity index (χ0) is 14.4. The van der Waals surface area contributed by atoms with Crippen molar-refractivity contribution < 1.29 is 4.79 Å². The molecule has 21 heavy (non-hydrogen) atoms. The molecule has 1 amide bonds. The Labute approximate surface area is 126 Å².